The summed E-state index contributed by atoms with van der Waals surface area (Å²) in [7, 11) is 0. The Morgan fingerprint density at radius 1 is 1.29 bits per heavy atom. The first kappa shape index (κ1) is 19.6. The number of thiocarbonyl (C=S) groups is 1. The molecule has 1 aliphatic carbocycles. The second-order valence-corrected chi connectivity index (χ2v) is 9.33. The monoisotopic (exact) mass is 413 g/mol. The number of rotatable bonds is 5. The molecule has 146 valence electrons. The van der Waals surface area contributed by atoms with E-state index in [9.17, 15) is 14.9 Å². The minimum Gasteiger partial charge on any atom is -0.315 e. The molecule has 28 heavy (non-hydrogen) atoms. The van der Waals surface area contributed by atoms with Crippen molar-refractivity contribution in [2.75, 3.05) is 18.2 Å². The van der Waals surface area contributed by atoms with Crippen LogP contribution in [-0.2, 0) is 22.4 Å². The van der Waals surface area contributed by atoms with Crippen molar-refractivity contribution in [2.45, 2.75) is 37.8 Å². The number of Topliss-reactive ketones (excluding diaryl/α,β-unsaturated/α-hetero) is 1. The summed E-state index contributed by atoms with van der Waals surface area (Å²) in [5.41, 5.74) is 2.78. The first-order valence-electron chi connectivity index (χ1n) is 9.72. The summed E-state index contributed by atoms with van der Waals surface area (Å²) < 4.78 is 0. The standard InChI is InChI=1S/C21H23N3O2S2/c22-9-16-11-28-12-24(16)21(26)20-19(18(27)10-23-20)17(25)6-5-13-7-14-3-1-2-4-15(14)8-13/h1-4,13,16,19-20,23H,5-8,10-12H2/t16-,19?,20+/m1/s1. The third-order valence-corrected chi connectivity index (χ3v) is 7.45. The molecular formula is C21H23N3O2S2. The molecule has 5 nitrogen and oxygen atoms in total. The highest BCUT2D eigenvalue weighted by atomic mass is 32.2. The lowest BCUT2D eigenvalue weighted by Gasteiger charge is -2.25. The molecule has 1 aromatic rings. The van der Waals surface area contributed by atoms with Crippen molar-refractivity contribution in [1.82, 2.24) is 10.2 Å². The maximum absolute atomic E-state index is 13.0. The normalized spacial score (nSPS) is 27.0. The Bertz CT molecular complexity index is 825. The SMILES string of the molecule is N#C[C@@H]1CSCN1C(=O)[C@H]1NCC(=S)C1C(=O)CCC1Cc2ccccc2C1. The molecule has 7 heteroatoms. The summed E-state index contributed by atoms with van der Waals surface area (Å²) in [5.74, 6) is 0.962. The minimum absolute atomic E-state index is 0.0599. The van der Waals surface area contributed by atoms with Crippen molar-refractivity contribution in [3.63, 3.8) is 0 Å². The molecule has 1 aromatic carbocycles. The molecule has 4 rings (SSSR count). The van der Waals surface area contributed by atoms with Crippen molar-refractivity contribution in [3.8, 4) is 6.07 Å². The van der Waals surface area contributed by atoms with Crippen molar-refractivity contribution in [3.05, 3.63) is 35.4 Å². The maximum atomic E-state index is 13.0. The van der Waals surface area contributed by atoms with E-state index in [0.29, 0.717) is 35.4 Å². The van der Waals surface area contributed by atoms with Crippen LogP contribution in [0.3, 0.4) is 0 Å². The molecule has 2 fully saturated rings. The highest BCUT2D eigenvalue weighted by Gasteiger charge is 2.44. The highest BCUT2D eigenvalue weighted by molar-refractivity contribution is 7.99. The molecule has 0 spiro atoms. The van der Waals surface area contributed by atoms with Gasteiger partial charge < -0.3 is 10.2 Å². The third-order valence-electron chi connectivity index (χ3n) is 6.04. The lowest BCUT2D eigenvalue weighted by atomic mass is 9.89. The van der Waals surface area contributed by atoms with Crippen LogP contribution in [0, 0.1) is 23.2 Å². The van der Waals surface area contributed by atoms with Gasteiger partial charge in [0.1, 0.15) is 17.9 Å². The van der Waals surface area contributed by atoms with E-state index in [-0.39, 0.29) is 11.7 Å². The zero-order valence-electron chi connectivity index (χ0n) is 15.6. The Balaban J connectivity index is 1.38. The lowest BCUT2D eigenvalue weighted by Crippen LogP contribution is -2.50. The zero-order chi connectivity index (χ0) is 19.7. The highest BCUT2D eigenvalue weighted by Crippen LogP contribution is 2.31. The molecule has 3 aliphatic rings. The second-order valence-electron chi connectivity index (χ2n) is 7.80. The number of hydrogen-bond donors (Lipinski definition) is 1. The summed E-state index contributed by atoms with van der Waals surface area (Å²) in [6.45, 7) is 0.412. The number of thioether (sulfide) groups is 1. The van der Waals surface area contributed by atoms with Gasteiger partial charge in [0, 0.05) is 23.6 Å². The van der Waals surface area contributed by atoms with Gasteiger partial charge in [0.05, 0.1) is 17.9 Å². The van der Waals surface area contributed by atoms with Gasteiger partial charge in [0.15, 0.2) is 0 Å². The lowest BCUT2D eigenvalue weighted by molar-refractivity contribution is -0.136. The fraction of sp³-hybridized carbons (Fsp3) is 0.524. The summed E-state index contributed by atoms with van der Waals surface area (Å²) in [6, 6.07) is 9.62. The molecule has 2 saturated heterocycles. The fourth-order valence-corrected chi connectivity index (χ4v) is 5.96. The average molecular weight is 414 g/mol. The minimum atomic E-state index is -0.615. The molecule has 3 atom stereocenters. The van der Waals surface area contributed by atoms with E-state index in [0.717, 1.165) is 19.3 Å². The number of amides is 1. The maximum Gasteiger partial charge on any atom is 0.242 e. The Labute approximate surface area is 174 Å². The molecule has 1 unspecified atom stereocenters. The van der Waals surface area contributed by atoms with Gasteiger partial charge in [-0.1, -0.05) is 36.5 Å². The quantitative estimate of drug-likeness (QED) is 0.746. The predicted octanol–water partition coefficient (Wildman–Crippen LogP) is 2.13. The predicted molar refractivity (Wildman–Crippen MR) is 113 cm³/mol. The van der Waals surface area contributed by atoms with E-state index < -0.39 is 18.0 Å². The van der Waals surface area contributed by atoms with E-state index in [1.54, 1.807) is 16.7 Å². The summed E-state index contributed by atoms with van der Waals surface area (Å²) in [5, 5.41) is 12.4. The Morgan fingerprint density at radius 2 is 2.00 bits per heavy atom. The van der Waals surface area contributed by atoms with Gasteiger partial charge in [-0.05, 0) is 36.3 Å². The van der Waals surface area contributed by atoms with E-state index in [4.69, 9.17) is 12.2 Å². The van der Waals surface area contributed by atoms with Crippen LogP contribution in [-0.4, -0.2) is 51.7 Å². The van der Waals surface area contributed by atoms with E-state index >= 15 is 0 Å². The van der Waals surface area contributed by atoms with Gasteiger partial charge in [-0.15, -0.1) is 11.8 Å². The van der Waals surface area contributed by atoms with Gasteiger partial charge in [0.25, 0.3) is 0 Å². The average Bonchev–Trinajstić information content (AvgIpc) is 3.42. The van der Waals surface area contributed by atoms with Gasteiger partial charge >= 0.3 is 0 Å². The zero-order valence-corrected chi connectivity index (χ0v) is 17.2. The number of nitrogens with zero attached hydrogens (tertiary/aromatic N) is 2. The molecular weight excluding hydrogens is 390 g/mol. The molecule has 0 bridgehead atoms. The smallest absolute Gasteiger partial charge is 0.242 e. The first-order valence-corrected chi connectivity index (χ1v) is 11.3. The summed E-state index contributed by atoms with van der Waals surface area (Å²) in [4.78, 5) is 28.2. The topological polar surface area (TPSA) is 73.2 Å². The Morgan fingerprint density at radius 3 is 2.68 bits per heavy atom. The number of carbonyl (C=O) groups is 2. The van der Waals surface area contributed by atoms with Crippen molar-refractivity contribution < 1.29 is 9.59 Å². The molecule has 2 aliphatic heterocycles. The van der Waals surface area contributed by atoms with Crippen LogP contribution < -0.4 is 5.32 Å². The van der Waals surface area contributed by atoms with Crippen LogP contribution in [0.4, 0.5) is 0 Å². The number of nitriles is 1. The number of hydrogen-bond acceptors (Lipinski definition) is 6. The second kappa shape index (κ2) is 8.32. The van der Waals surface area contributed by atoms with Crippen molar-refractivity contribution >= 4 is 40.5 Å². The molecule has 2 heterocycles. The van der Waals surface area contributed by atoms with Crippen molar-refractivity contribution in [1.29, 1.82) is 5.26 Å². The van der Waals surface area contributed by atoms with E-state index in [1.165, 1.54) is 11.1 Å². The largest absolute Gasteiger partial charge is 0.315 e. The van der Waals surface area contributed by atoms with E-state index in [1.807, 2.05) is 0 Å². The van der Waals surface area contributed by atoms with Gasteiger partial charge in [-0.3, -0.25) is 9.59 Å². The number of nitrogens with one attached hydrogen (secondary N) is 1. The Kier molecular flexibility index (Phi) is 5.81. The third kappa shape index (κ3) is 3.73. The van der Waals surface area contributed by atoms with Crippen molar-refractivity contribution in [2.24, 2.45) is 11.8 Å². The molecule has 0 aromatic heterocycles. The molecule has 1 N–H and O–H groups in total. The summed E-state index contributed by atoms with van der Waals surface area (Å²) >= 11 is 7.00. The summed E-state index contributed by atoms with van der Waals surface area (Å²) in [6.07, 6.45) is 3.32. The number of carbonyl (C=O) groups excluding carboxylic acids is 2. The van der Waals surface area contributed by atoms with Crippen LogP contribution in [0.1, 0.15) is 24.0 Å². The number of benzene rings is 1. The van der Waals surface area contributed by atoms with Crippen LogP contribution >= 0.6 is 24.0 Å². The van der Waals surface area contributed by atoms with Gasteiger partial charge in [-0.25, -0.2) is 0 Å². The van der Waals surface area contributed by atoms with Crippen LogP contribution in [0.25, 0.3) is 0 Å². The molecule has 1 amide bonds. The van der Waals surface area contributed by atoms with Crippen LogP contribution in [0.15, 0.2) is 24.3 Å². The first-order chi connectivity index (χ1) is 13.6. The number of ketones is 1. The molecule has 0 saturated carbocycles. The molecule has 0 radical (unpaired) electrons. The van der Waals surface area contributed by atoms with E-state index in [2.05, 4.69) is 35.7 Å². The van der Waals surface area contributed by atoms with Gasteiger partial charge in [-0.2, -0.15) is 5.26 Å². The Hall–Kier alpha value is -1.75. The number of fused-ring (bicyclic) bond motifs is 1. The van der Waals surface area contributed by atoms with Gasteiger partial charge in [0.2, 0.25) is 5.91 Å². The fourth-order valence-electron chi connectivity index (χ4n) is 4.52. The van der Waals surface area contributed by atoms with Crippen LogP contribution in [0.5, 0.6) is 0 Å². The van der Waals surface area contributed by atoms with Crippen LogP contribution in [0.2, 0.25) is 0 Å².